The van der Waals surface area contributed by atoms with Crippen molar-refractivity contribution in [1.29, 1.82) is 0 Å². The fourth-order valence-electron chi connectivity index (χ4n) is 2.82. The lowest BCUT2D eigenvalue weighted by molar-refractivity contribution is 0.156. The SMILES string of the molecule is CC(C)N1CC2CCCC1CNC2. The monoisotopic (exact) mass is 182 g/mol. The van der Waals surface area contributed by atoms with Crippen molar-refractivity contribution in [2.45, 2.75) is 45.2 Å². The van der Waals surface area contributed by atoms with Crippen molar-refractivity contribution in [2.75, 3.05) is 19.6 Å². The third-order valence-corrected chi connectivity index (χ3v) is 3.56. The van der Waals surface area contributed by atoms with E-state index in [0.717, 1.165) is 18.0 Å². The van der Waals surface area contributed by atoms with Crippen LogP contribution in [0.15, 0.2) is 0 Å². The van der Waals surface area contributed by atoms with Gasteiger partial charge >= 0.3 is 0 Å². The molecule has 2 saturated heterocycles. The maximum absolute atomic E-state index is 3.59. The first-order chi connectivity index (χ1) is 6.27. The predicted molar refractivity (Wildman–Crippen MR) is 55.8 cm³/mol. The summed E-state index contributed by atoms with van der Waals surface area (Å²) in [5.41, 5.74) is 0. The highest BCUT2D eigenvalue weighted by Crippen LogP contribution is 2.24. The molecule has 13 heavy (non-hydrogen) atoms. The van der Waals surface area contributed by atoms with Crippen LogP contribution in [0.1, 0.15) is 33.1 Å². The summed E-state index contributed by atoms with van der Waals surface area (Å²) in [4.78, 5) is 2.71. The summed E-state index contributed by atoms with van der Waals surface area (Å²) in [5.74, 6) is 0.912. The van der Waals surface area contributed by atoms with Crippen LogP contribution in [0.25, 0.3) is 0 Å². The van der Waals surface area contributed by atoms with Crippen LogP contribution in [0, 0.1) is 5.92 Å². The van der Waals surface area contributed by atoms with Gasteiger partial charge in [0.25, 0.3) is 0 Å². The van der Waals surface area contributed by atoms with Crippen LogP contribution in [0.3, 0.4) is 0 Å². The molecule has 2 fully saturated rings. The number of fused-ring (bicyclic) bond motifs is 3. The van der Waals surface area contributed by atoms with Gasteiger partial charge in [-0.15, -0.1) is 0 Å². The van der Waals surface area contributed by atoms with E-state index in [1.54, 1.807) is 0 Å². The number of rotatable bonds is 1. The Morgan fingerprint density at radius 3 is 2.85 bits per heavy atom. The van der Waals surface area contributed by atoms with Crippen molar-refractivity contribution < 1.29 is 0 Å². The minimum Gasteiger partial charge on any atom is -0.315 e. The van der Waals surface area contributed by atoms with E-state index in [1.165, 1.54) is 38.9 Å². The van der Waals surface area contributed by atoms with Gasteiger partial charge in [0.2, 0.25) is 0 Å². The molecule has 2 aliphatic heterocycles. The minimum atomic E-state index is 0.727. The van der Waals surface area contributed by atoms with Gasteiger partial charge in [0, 0.05) is 25.2 Å². The van der Waals surface area contributed by atoms with Gasteiger partial charge in [-0.3, -0.25) is 4.90 Å². The zero-order chi connectivity index (χ0) is 9.26. The second-order valence-corrected chi connectivity index (χ2v) is 4.90. The molecule has 2 nitrogen and oxygen atoms in total. The van der Waals surface area contributed by atoms with Gasteiger partial charge in [-0.2, -0.15) is 0 Å². The van der Waals surface area contributed by atoms with Crippen molar-refractivity contribution in [1.82, 2.24) is 10.2 Å². The first kappa shape index (κ1) is 9.47. The molecule has 0 spiro atoms. The largest absolute Gasteiger partial charge is 0.315 e. The molecule has 2 aliphatic rings. The molecule has 2 heteroatoms. The van der Waals surface area contributed by atoms with E-state index in [4.69, 9.17) is 0 Å². The topological polar surface area (TPSA) is 15.3 Å². The van der Waals surface area contributed by atoms with Gasteiger partial charge < -0.3 is 5.32 Å². The predicted octanol–water partition coefficient (Wildman–Crippen LogP) is 1.47. The van der Waals surface area contributed by atoms with E-state index in [-0.39, 0.29) is 0 Å². The standard InChI is InChI=1S/C11H22N2/c1-9(2)13-8-10-4-3-5-11(13)7-12-6-10/h9-12H,3-8H2,1-2H3. The van der Waals surface area contributed by atoms with E-state index >= 15 is 0 Å². The van der Waals surface area contributed by atoms with Crippen molar-refractivity contribution in [3.05, 3.63) is 0 Å². The van der Waals surface area contributed by atoms with E-state index in [9.17, 15) is 0 Å². The minimum absolute atomic E-state index is 0.727. The van der Waals surface area contributed by atoms with E-state index in [2.05, 4.69) is 24.1 Å². The number of nitrogens with zero attached hydrogens (tertiary/aromatic N) is 1. The molecule has 0 aromatic heterocycles. The van der Waals surface area contributed by atoms with Crippen LogP contribution in [0.4, 0.5) is 0 Å². The van der Waals surface area contributed by atoms with E-state index in [0.29, 0.717) is 0 Å². The van der Waals surface area contributed by atoms with Crippen LogP contribution >= 0.6 is 0 Å². The highest BCUT2D eigenvalue weighted by Gasteiger charge is 2.29. The Morgan fingerprint density at radius 2 is 2.08 bits per heavy atom. The second-order valence-electron chi connectivity index (χ2n) is 4.90. The highest BCUT2D eigenvalue weighted by molar-refractivity contribution is 4.86. The molecule has 0 amide bonds. The Morgan fingerprint density at radius 1 is 1.23 bits per heavy atom. The first-order valence-corrected chi connectivity index (χ1v) is 5.74. The van der Waals surface area contributed by atoms with Crippen LogP contribution in [0.5, 0.6) is 0 Å². The Hall–Kier alpha value is -0.0800. The Balaban J connectivity index is 2.09. The van der Waals surface area contributed by atoms with Crippen LogP contribution in [-0.4, -0.2) is 36.6 Å². The normalized spacial score (nSPS) is 36.2. The molecule has 0 aliphatic carbocycles. The van der Waals surface area contributed by atoms with E-state index in [1.807, 2.05) is 0 Å². The molecule has 2 bridgehead atoms. The fraction of sp³-hybridized carbons (Fsp3) is 1.00. The zero-order valence-corrected chi connectivity index (χ0v) is 8.92. The molecule has 0 aromatic carbocycles. The number of nitrogens with one attached hydrogen (secondary N) is 1. The molecular weight excluding hydrogens is 160 g/mol. The van der Waals surface area contributed by atoms with Crippen molar-refractivity contribution >= 4 is 0 Å². The summed E-state index contributed by atoms with van der Waals surface area (Å²) in [7, 11) is 0. The number of hydrogen-bond acceptors (Lipinski definition) is 2. The summed E-state index contributed by atoms with van der Waals surface area (Å²) in [6.45, 7) is 8.46. The van der Waals surface area contributed by atoms with Gasteiger partial charge in [-0.1, -0.05) is 6.42 Å². The Labute approximate surface area is 81.7 Å². The molecular formula is C11H22N2. The molecule has 2 rings (SSSR count). The Bertz CT molecular complexity index is 157. The molecule has 76 valence electrons. The molecule has 0 aromatic rings. The summed E-state index contributed by atoms with van der Waals surface area (Å²) in [6.07, 6.45) is 4.29. The lowest BCUT2D eigenvalue weighted by Crippen LogP contribution is -2.43. The van der Waals surface area contributed by atoms with Crippen LogP contribution in [0.2, 0.25) is 0 Å². The highest BCUT2D eigenvalue weighted by atomic mass is 15.2. The summed E-state index contributed by atoms with van der Waals surface area (Å²) in [5, 5.41) is 3.59. The van der Waals surface area contributed by atoms with Crippen molar-refractivity contribution in [3.63, 3.8) is 0 Å². The third kappa shape index (κ3) is 2.05. The molecule has 0 radical (unpaired) electrons. The van der Waals surface area contributed by atoms with Crippen LogP contribution in [-0.2, 0) is 0 Å². The fourth-order valence-corrected chi connectivity index (χ4v) is 2.82. The van der Waals surface area contributed by atoms with Crippen molar-refractivity contribution in [2.24, 2.45) is 5.92 Å². The van der Waals surface area contributed by atoms with Gasteiger partial charge in [0.1, 0.15) is 0 Å². The smallest absolute Gasteiger partial charge is 0.0223 e. The quantitative estimate of drug-likeness (QED) is 0.660. The first-order valence-electron chi connectivity index (χ1n) is 5.74. The average Bonchev–Trinajstić information content (AvgIpc) is 2.32. The van der Waals surface area contributed by atoms with Gasteiger partial charge in [-0.05, 0) is 39.2 Å². The van der Waals surface area contributed by atoms with Gasteiger partial charge in [-0.25, -0.2) is 0 Å². The second kappa shape index (κ2) is 3.97. The van der Waals surface area contributed by atoms with Crippen molar-refractivity contribution in [3.8, 4) is 0 Å². The maximum Gasteiger partial charge on any atom is 0.0223 e. The summed E-state index contributed by atoms with van der Waals surface area (Å²) < 4.78 is 0. The lowest BCUT2D eigenvalue weighted by Gasteiger charge is -2.32. The zero-order valence-electron chi connectivity index (χ0n) is 8.92. The maximum atomic E-state index is 3.59. The van der Waals surface area contributed by atoms with Gasteiger partial charge in [0.15, 0.2) is 0 Å². The van der Waals surface area contributed by atoms with Gasteiger partial charge in [0.05, 0.1) is 0 Å². The summed E-state index contributed by atoms with van der Waals surface area (Å²) >= 11 is 0. The number of hydrogen-bond donors (Lipinski definition) is 1. The molecule has 2 heterocycles. The molecule has 1 N–H and O–H groups in total. The Kier molecular flexibility index (Phi) is 2.89. The van der Waals surface area contributed by atoms with E-state index < -0.39 is 0 Å². The molecule has 2 unspecified atom stereocenters. The summed E-state index contributed by atoms with van der Waals surface area (Å²) in [6, 6.07) is 1.54. The third-order valence-electron chi connectivity index (χ3n) is 3.56. The van der Waals surface area contributed by atoms with Crippen LogP contribution < -0.4 is 5.32 Å². The lowest BCUT2D eigenvalue weighted by atomic mass is 10.0. The molecule has 2 atom stereocenters. The molecule has 0 saturated carbocycles. The average molecular weight is 182 g/mol.